The van der Waals surface area contributed by atoms with E-state index in [1.54, 1.807) is 12.5 Å². The number of methoxy groups -OCH3 is 1. The second-order valence-electron chi connectivity index (χ2n) is 2.57. The third-order valence-corrected chi connectivity index (χ3v) is 2.32. The Morgan fingerprint density at radius 1 is 1.64 bits per heavy atom. The number of hydrogen-bond donors (Lipinski definition) is 1. The summed E-state index contributed by atoms with van der Waals surface area (Å²) in [4.78, 5) is 25.1. The number of nitrogens with zero attached hydrogens (tertiary/aromatic N) is 1. The first-order chi connectivity index (χ1) is 6.63. The molecule has 0 unspecified atom stereocenters. The minimum atomic E-state index is -1.42. The minimum absolute atomic E-state index is 0.157. The molecule has 0 aliphatic heterocycles. The molecule has 5 nitrogen and oxygen atoms in total. The van der Waals surface area contributed by atoms with Crippen LogP contribution in [0.4, 0.5) is 0 Å². The van der Waals surface area contributed by atoms with Crippen molar-refractivity contribution in [2.45, 2.75) is 13.0 Å². The summed E-state index contributed by atoms with van der Waals surface area (Å²) in [5.41, 5.74) is 0.481. The van der Waals surface area contributed by atoms with Crippen LogP contribution in [0.1, 0.15) is 10.7 Å². The number of carbonyl (C=O) groups excluding carboxylic acids is 1. The molecule has 0 fully saturated rings. The van der Waals surface area contributed by atoms with Crippen LogP contribution < -0.4 is 0 Å². The molecule has 1 N–H and O–H groups in total. The number of carboxylic acids is 1. The van der Waals surface area contributed by atoms with E-state index in [2.05, 4.69) is 4.98 Å². The van der Waals surface area contributed by atoms with Crippen LogP contribution in [0.5, 0.6) is 0 Å². The van der Waals surface area contributed by atoms with Crippen LogP contribution in [0, 0.1) is 0 Å². The predicted molar refractivity (Wildman–Crippen MR) is 49.2 cm³/mol. The third-order valence-electron chi connectivity index (χ3n) is 1.45. The zero-order chi connectivity index (χ0) is 10.6. The van der Waals surface area contributed by atoms with Gasteiger partial charge in [0, 0.05) is 12.5 Å². The van der Waals surface area contributed by atoms with E-state index in [-0.39, 0.29) is 6.42 Å². The van der Waals surface area contributed by atoms with Crippen molar-refractivity contribution in [1.82, 2.24) is 4.98 Å². The van der Waals surface area contributed by atoms with Crippen LogP contribution in [0.3, 0.4) is 0 Å². The summed E-state index contributed by atoms with van der Waals surface area (Å²) in [5, 5.41) is 10.8. The molecule has 0 aliphatic rings. The summed E-state index contributed by atoms with van der Waals surface area (Å²) in [6, 6.07) is 0. The van der Waals surface area contributed by atoms with Crippen molar-refractivity contribution in [3.8, 4) is 0 Å². The van der Waals surface area contributed by atoms with Crippen molar-refractivity contribution in [2.75, 3.05) is 7.11 Å². The van der Waals surface area contributed by atoms with E-state index < -0.39 is 11.8 Å². The van der Waals surface area contributed by atoms with Gasteiger partial charge in [0.2, 0.25) is 5.78 Å². The molecule has 0 spiro atoms. The van der Waals surface area contributed by atoms with Crippen molar-refractivity contribution in [1.29, 1.82) is 0 Å². The highest BCUT2D eigenvalue weighted by Gasteiger charge is 2.14. The lowest BCUT2D eigenvalue weighted by Gasteiger charge is -1.91. The largest absolute Gasteiger partial charge is 0.475 e. The molecule has 1 aromatic heterocycles. The smallest absolute Gasteiger partial charge is 0.372 e. The highest BCUT2D eigenvalue weighted by molar-refractivity contribution is 7.09. The molecule has 0 amide bonds. The maximum atomic E-state index is 10.8. The van der Waals surface area contributed by atoms with Crippen LogP contribution in [0.25, 0.3) is 0 Å². The molecular formula is C8H9NO4S. The zero-order valence-electron chi connectivity index (χ0n) is 7.52. The number of ether oxygens (including phenoxy) is 1. The summed E-state index contributed by atoms with van der Waals surface area (Å²) >= 11 is 1.35. The van der Waals surface area contributed by atoms with E-state index in [0.29, 0.717) is 12.3 Å². The summed E-state index contributed by atoms with van der Waals surface area (Å²) < 4.78 is 4.84. The van der Waals surface area contributed by atoms with Gasteiger partial charge in [-0.2, -0.15) is 0 Å². The first kappa shape index (κ1) is 10.8. The third kappa shape index (κ3) is 2.90. The Hall–Kier alpha value is -1.27. The van der Waals surface area contributed by atoms with Crippen LogP contribution >= 0.6 is 11.3 Å². The molecule has 6 heteroatoms. The Labute approximate surface area is 84.3 Å². The predicted octanol–water partition coefficient (Wildman–Crippen LogP) is 0.486. The minimum Gasteiger partial charge on any atom is -0.475 e. The lowest BCUT2D eigenvalue weighted by molar-refractivity contribution is -0.148. The van der Waals surface area contributed by atoms with E-state index in [1.165, 1.54) is 11.3 Å². The highest BCUT2D eigenvalue weighted by atomic mass is 32.1. The first-order valence-corrected chi connectivity index (χ1v) is 4.69. The van der Waals surface area contributed by atoms with Crippen LogP contribution in [-0.4, -0.2) is 29.0 Å². The van der Waals surface area contributed by atoms with Gasteiger partial charge in [0.05, 0.1) is 18.7 Å². The Morgan fingerprint density at radius 3 is 2.93 bits per heavy atom. The van der Waals surface area contributed by atoms with Crippen LogP contribution in [0.2, 0.25) is 0 Å². The Kier molecular flexibility index (Phi) is 3.73. The topological polar surface area (TPSA) is 76.5 Å². The molecular weight excluding hydrogens is 206 g/mol. The van der Waals surface area contributed by atoms with E-state index in [9.17, 15) is 9.59 Å². The number of aromatic nitrogens is 1. The number of thiazole rings is 1. The lowest BCUT2D eigenvalue weighted by atomic mass is 10.2. The molecule has 76 valence electrons. The van der Waals surface area contributed by atoms with Gasteiger partial charge >= 0.3 is 5.97 Å². The second-order valence-corrected chi connectivity index (χ2v) is 3.51. The number of ketones is 1. The molecule has 0 aromatic carbocycles. The maximum Gasteiger partial charge on any atom is 0.372 e. The van der Waals surface area contributed by atoms with Crippen molar-refractivity contribution >= 4 is 23.1 Å². The average Bonchev–Trinajstić information content (AvgIpc) is 2.53. The number of carbonyl (C=O) groups is 2. The van der Waals surface area contributed by atoms with Crippen molar-refractivity contribution in [2.24, 2.45) is 0 Å². The SMILES string of the molecule is COCc1nc(CC(=O)C(=O)O)cs1. The average molecular weight is 215 g/mol. The van der Waals surface area contributed by atoms with Gasteiger partial charge in [-0.05, 0) is 0 Å². The van der Waals surface area contributed by atoms with Crippen molar-refractivity contribution in [3.05, 3.63) is 16.1 Å². The summed E-state index contributed by atoms with van der Waals surface area (Å²) in [6.07, 6.45) is -0.157. The lowest BCUT2D eigenvalue weighted by Crippen LogP contribution is -2.15. The van der Waals surface area contributed by atoms with Crippen LogP contribution in [-0.2, 0) is 27.4 Å². The normalized spacial score (nSPS) is 10.1. The molecule has 1 heterocycles. The van der Waals surface area contributed by atoms with E-state index in [0.717, 1.165) is 5.01 Å². The van der Waals surface area contributed by atoms with Gasteiger partial charge in [-0.3, -0.25) is 4.79 Å². The monoisotopic (exact) mass is 215 g/mol. The molecule has 0 aliphatic carbocycles. The van der Waals surface area contributed by atoms with Gasteiger partial charge in [0.25, 0.3) is 0 Å². The van der Waals surface area contributed by atoms with E-state index in [1.807, 2.05) is 0 Å². The molecule has 0 saturated heterocycles. The summed E-state index contributed by atoms with van der Waals surface area (Å²) in [7, 11) is 1.55. The first-order valence-electron chi connectivity index (χ1n) is 3.82. The molecule has 14 heavy (non-hydrogen) atoms. The van der Waals surface area contributed by atoms with Gasteiger partial charge in [0.15, 0.2) is 0 Å². The molecule has 0 atom stereocenters. The fourth-order valence-corrected chi connectivity index (χ4v) is 1.62. The standard InChI is InChI=1S/C8H9NO4S/c1-13-3-7-9-5(4-14-7)2-6(10)8(11)12/h4H,2-3H2,1H3,(H,11,12). The summed E-state index contributed by atoms with van der Waals surface area (Å²) in [6.45, 7) is 0.381. The highest BCUT2D eigenvalue weighted by Crippen LogP contribution is 2.11. The number of hydrogen-bond acceptors (Lipinski definition) is 5. The maximum absolute atomic E-state index is 10.8. The Balaban J connectivity index is 2.59. The number of rotatable bonds is 5. The zero-order valence-corrected chi connectivity index (χ0v) is 8.34. The van der Waals surface area contributed by atoms with Gasteiger partial charge < -0.3 is 9.84 Å². The number of Topliss-reactive ketones (excluding diaryl/α,β-unsaturated/α-hetero) is 1. The van der Waals surface area contributed by atoms with Crippen molar-refractivity contribution < 1.29 is 19.4 Å². The number of aliphatic carboxylic acids is 1. The fourth-order valence-electron chi connectivity index (χ4n) is 0.860. The van der Waals surface area contributed by atoms with E-state index >= 15 is 0 Å². The van der Waals surface area contributed by atoms with Gasteiger partial charge in [-0.25, -0.2) is 9.78 Å². The fraction of sp³-hybridized carbons (Fsp3) is 0.375. The van der Waals surface area contributed by atoms with Gasteiger partial charge in [-0.15, -0.1) is 11.3 Å². The summed E-state index contributed by atoms with van der Waals surface area (Å²) in [5.74, 6) is -2.27. The molecule has 0 saturated carbocycles. The Bertz CT molecular complexity index is 347. The molecule has 0 radical (unpaired) electrons. The van der Waals surface area contributed by atoms with E-state index in [4.69, 9.17) is 9.84 Å². The van der Waals surface area contributed by atoms with Crippen LogP contribution in [0.15, 0.2) is 5.38 Å². The van der Waals surface area contributed by atoms with Gasteiger partial charge in [0.1, 0.15) is 5.01 Å². The molecule has 1 rings (SSSR count). The van der Waals surface area contributed by atoms with Gasteiger partial charge in [-0.1, -0.05) is 0 Å². The Morgan fingerprint density at radius 2 is 2.36 bits per heavy atom. The quantitative estimate of drug-likeness (QED) is 0.723. The molecule has 1 aromatic rings. The number of carboxylic acid groups (broad SMARTS) is 1. The van der Waals surface area contributed by atoms with Crippen molar-refractivity contribution in [3.63, 3.8) is 0 Å². The second kappa shape index (κ2) is 4.83. The molecule has 0 bridgehead atoms.